The van der Waals surface area contributed by atoms with Crippen molar-refractivity contribution in [1.29, 1.82) is 0 Å². The van der Waals surface area contributed by atoms with Gasteiger partial charge in [-0.25, -0.2) is 4.98 Å². The minimum absolute atomic E-state index is 0.162. The van der Waals surface area contributed by atoms with E-state index < -0.39 is 5.97 Å². The van der Waals surface area contributed by atoms with E-state index in [2.05, 4.69) is 4.98 Å². The van der Waals surface area contributed by atoms with Gasteiger partial charge in [0.25, 0.3) is 0 Å². The molecule has 0 bridgehead atoms. The van der Waals surface area contributed by atoms with Crippen molar-refractivity contribution in [3.8, 4) is 0 Å². The molecule has 12 heavy (non-hydrogen) atoms. The summed E-state index contributed by atoms with van der Waals surface area (Å²) in [6.07, 6.45) is -0.162. The van der Waals surface area contributed by atoms with Crippen LogP contribution in [0.2, 0.25) is 5.15 Å². The average Bonchev–Trinajstić information content (AvgIpc) is 1.81. The molecule has 1 aromatic heterocycles. The Morgan fingerprint density at radius 1 is 1.67 bits per heavy atom. The summed E-state index contributed by atoms with van der Waals surface area (Å²) in [5.74, 6) is -0.954. The number of halogens is 1. The van der Waals surface area contributed by atoms with E-state index in [1.807, 2.05) is 0 Å². The van der Waals surface area contributed by atoms with Crippen LogP contribution in [0.25, 0.3) is 0 Å². The lowest BCUT2D eigenvalue weighted by atomic mass is 10.2. The van der Waals surface area contributed by atoms with Crippen LogP contribution < -0.4 is 5.73 Å². The van der Waals surface area contributed by atoms with Gasteiger partial charge in [-0.2, -0.15) is 0 Å². The van der Waals surface area contributed by atoms with Crippen molar-refractivity contribution in [2.24, 2.45) is 0 Å². The van der Waals surface area contributed by atoms with Crippen LogP contribution in [0.1, 0.15) is 5.69 Å². The van der Waals surface area contributed by atoms with Crippen molar-refractivity contribution < 1.29 is 9.90 Å². The molecule has 0 spiro atoms. The number of nitrogens with two attached hydrogens (primary N) is 1. The second kappa shape index (κ2) is 3.40. The summed E-state index contributed by atoms with van der Waals surface area (Å²) >= 11 is 5.55. The zero-order valence-corrected chi connectivity index (χ0v) is 6.88. The first-order valence-electron chi connectivity index (χ1n) is 3.21. The lowest BCUT2D eigenvalue weighted by molar-refractivity contribution is -0.136. The summed E-state index contributed by atoms with van der Waals surface area (Å²) in [5, 5.41) is 8.64. The summed E-state index contributed by atoms with van der Waals surface area (Å²) < 4.78 is 0. The number of carboxylic acid groups (broad SMARTS) is 1. The molecule has 0 aliphatic carbocycles. The molecule has 3 N–H and O–H groups in total. The van der Waals surface area contributed by atoms with Gasteiger partial charge in [-0.1, -0.05) is 11.6 Å². The minimum atomic E-state index is -0.954. The number of nitrogens with zero attached hydrogens (tertiary/aromatic N) is 1. The quantitative estimate of drug-likeness (QED) is 0.674. The van der Waals surface area contributed by atoms with Crippen LogP contribution in [0, 0.1) is 0 Å². The molecule has 5 heteroatoms. The molecule has 0 atom stereocenters. The first-order valence-corrected chi connectivity index (χ1v) is 3.59. The van der Waals surface area contributed by atoms with Crippen LogP contribution in [0.5, 0.6) is 0 Å². The van der Waals surface area contributed by atoms with Gasteiger partial charge in [0.15, 0.2) is 0 Å². The fraction of sp³-hybridized carbons (Fsp3) is 0.143. The van der Waals surface area contributed by atoms with E-state index >= 15 is 0 Å². The topological polar surface area (TPSA) is 76.2 Å². The van der Waals surface area contributed by atoms with Gasteiger partial charge in [-0.15, -0.1) is 0 Å². The Hall–Kier alpha value is -1.29. The van der Waals surface area contributed by atoms with Crippen LogP contribution in [0.3, 0.4) is 0 Å². The Morgan fingerprint density at radius 2 is 2.33 bits per heavy atom. The molecule has 0 aliphatic rings. The third-order valence-corrected chi connectivity index (χ3v) is 1.40. The van der Waals surface area contributed by atoms with E-state index in [-0.39, 0.29) is 11.6 Å². The summed E-state index contributed by atoms with van der Waals surface area (Å²) in [6.45, 7) is 0. The van der Waals surface area contributed by atoms with Crippen molar-refractivity contribution in [3.63, 3.8) is 0 Å². The smallest absolute Gasteiger partial charge is 0.309 e. The van der Waals surface area contributed by atoms with E-state index in [0.717, 1.165) is 0 Å². The fourth-order valence-corrected chi connectivity index (χ4v) is 1.05. The van der Waals surface area contributed by atoms with Crippen molar-refractivity contribution in [2.45, 2.75) is 6.42 Å². The predicted molar refractivity (Wildman–Crippen MR) is 45.0 cm³/mol. The lowest BCUT2D eigenvalue weighted by Crippen LogP contribution is -2.03. The maximum Gasteiger partial charge on any atom is 0.309 e. The van der Waals surface area contributed by atoms with Gasteiger partial charge in [0.05, 0.1) is 12.1 Å². The van der Waals surface area contributed by atoms with Gasteiger partial charge >= 0.3 is 5.97 Å². The summed E-state index contributed by atoms with van der Waals surface area (Å²) in [4.78, 5) is 14.0. The van der Waals surface area contributed by atoms with Crippen LogP contribution in [-0.4, -0.2) is 16.1 Å². The van der Waals surface area contributed by atoms with Crippen LogP contribution in [-0.2, 0) is 11.2 Å². The molecule has 0 radical (unpaired) electrons. The highest BCUT2D eigenvalue weighted by atomic mass is 35.5. The number of aromatic nitrogens is 1. The highest BCUT2D eigenvalue weighted by molar-refractivity contribution is 6.29. The maximum absolute atomic E-state index is 10.3. The van der Waals surface area contributed by atoms with Crippen molar-refractivity contribution in [2.75, 3.05) is 5.73 Å². The molecule has 0 aliphatic heterocycles. The molecule has 4 nitrogen and oxygen atoms in total. The molecule has 1 rings (SSSR count). The molecule has 0 unspecified atom stereocenters. The Bertz CT molecular complexity index is 294. The molecular weight excluding hydrogens is 180 g/mol. The molecule has 64 valence electrons. The van der Waals surface area contributed by atoms with E-state index in [1.165, 1.54) is 12.1 Å². The van der Waals surface area contributed by atoms with Crippen molar-refractivity contribution in [3.05, 3.63) is 23.0 Å². The molecule has 0 saturated heterocycles. The van der Waals surface area contributed by atoms with E-state index in [4.69, 9.17) is 22.4 Å². The van der Waals surface area contributed by atoms with E-state index in [0.29, 0.717) is 11.4 Å². The molecule has 0 saturated carbocycles. The van der Waals surface area contributed by atoms with Gasteiger partial charge in [0, 0.05) is 5.69 Å². The second-order valence-corrected chi connectivity index (χ2v) is 2.67. The highest BCUT2D eigenvalue weighted by Crippen LogP contribution is 2.12. The zero-order valence-electron chi connectivity index (χ0n) is 6.12. The molecule has 1 aromatic rings. The first kappa shape index (κ1) is 8.80. The van der Waals surface area contributed by atoms with Crippen molar-refractivity contribution >= 4 is 23.3 Å². The lowest BCUT2D eigenvalue weighted by Gasteiger charge is -1.98. The third-order valence-electron chi connectivity index (χ3n) is 1.20. The average molecular weight is 187 g/mol. The maximum atomic E-state index is 10.3. The monoisotopic (exact) mass is 186 g/mol. The van der Waals surface area contributed by atoms with Crippen molar-refractivity contribution in [1.82, 2.24) is 4.98 Å². The zero-order chi connectivity index (χ0) is 9.14. The number of carbonyl (C=O) groups is 1. The number of aliphatic carboxylic acids is 1. The van der Waals surface area contributed by atoms with Gasteiger partial charge in [-0.3, -0.25) is 4.79 Å². The SMILES string of the molecule is Nc1cc(Cl)nc(CC(=O)O)c1. The van der Waals surface area contributed by atoms with Gasteiger partial charge < -0.3 is 10.8 Å². The Balaban J connectivity index is 2.93. The van der Waals surface area contributed by atoms with Gasteiger partial charge in [-0.05, 0) is 12.1 Å². The standard InChI is InChI=1S/C7H7ClN2O2/c8-6-2-4(9)1-5(10-6)3-7(11)12/h1-2H,3H2,(H2,9,10)(H,11,12). The Kier molecular flexibility index (Phi) is 2.50. The fourth-order valence-electron chi connectivity index (χ4n) is 0.819. The minimum Gasteiger partial charge on any atom is -0.481 e. The number of nitrogen functional groups attached to an aromatic ring is 1. The molecule has 0 fully saturated rings. The number of anilines is 1. The number of pyridine rings is 1. The summed E-state index contributed by atoms with van der Waals surface area (Å²) in [6, 6.07) is 2.95. The molecule has 0 aromatic carbocycles. The Morgan fingerprint density at radius 3 is 2.83 bits per heavy atom. The van der Waals surface area contributed by atoms with Crippen LogP contribution in [0.4, 0.5) is 5.69 Å². The molecule has 1 heterocycles. The van der Waals surface area contributed by atoms with Gasteiger partial charge in [0.1, 0.15) is 5.15 Å². The van der Waals surface area contributed by atoms with E-state index in [9.17, 15) is 4.79 Å². The first-order chi connectivity index (χ1) is 5.58. The number of rotatable bonds is 2. The highest BCUT2D eigenvalue weighted by Gasteiger charge is 2.03. The second-order valence-electron chi connectivity index (χ2n) is 2.29. The largest absolute Gasteiger partial charge is 0.481 e. The van der Waals surface area contributed by atoms with Crippen LogP contribution >= 0.6 is 11.6 Å². The third kappa shape index (κ3) is 2.39. The Labute approximate surface area is 74.0 Å². The predicted octanol–water partition coefficient (Wildman–Crippen LogP) is 0.944. The molecule has 0 amide bonds. The van der Waals surface area contributed by atoms with E-state index in [1.54, 1.807) is 0 Å². The van der Waals surface area contributed by atoms with Crippen LogP contribution in [0.15, 0.2) is 12.1 Å². The molecular formula is C7H7ClN2O2. The normalized spacial score (nSPS) is 9.75. The van der Waals surface area contributed by atoms with Gasteiger partial charge in [0.2, 0.25) is 0 Å². The number of carboxylic acids is 1. The number of hydrogen-bond donors (Lipinski definition) is 2. The number of hydrogen-bond acceptors (Lipinski definition) is 3. The summed E-state index contributed by atoms with van der Waals surface area (Å²) in [7, 11) is 0. The summed E-state index contributed by atoms with van der Waals surface area (Å²) in [5.41, 5.74) is 6.21.